The van der Waals surface area contributed by atoms with Crippen LogP contribution in [-0.4, -0.2) is 11.1 Å². The van der Waals surface area contributed by atoms with Crippen molar-refractivity contribution in [2.45, 2.75) is 20.1 Å². The van der Waals surface area contributed by atoms with Gasteiger partial charge in [0.05, 0.1) is 10.6 Å². The van der Waals surface area contributed by atoms with Crippen molar-refractivity contribution in [1.29, 1.82) is 0 Å². The van der Waals surface area contributed by atoms with Gasteiger partial charge in [0.25, 0.3) is 0 Å². The molecule has 6 heteroatoms. The molecular formula is C22H19Cl2NO3. The summed E-state index contributed by atoms with van der Waals surface area (Å²) in [5.74, 6) is -0.358. The number of ether oxygens (including phenoxy) is 1. The molecule has 0 atom stereocenters. The average molecular weight is 416 g/mol. The number of carbonyl (C=O) groups is 1. The smallest absolute Gasteiger partial charge is 0.337 e. The number of carboxylic acids is 1. The molecule has 0 heterocycles. The normalized spacial score (nSPS) is 10.5. The summed E-state index contributed by atoms with van der Waals surface area (Å²) in [4.78, 5) is 11.2. The third kappa shape index (κ3) is 5.18. The molecule has 0 spiro atoms. The Labute approximate surface area is 173 Å². The van der Waals surface area contributed by atoms with Gasteiger partial charge in [0.2, 0.25) is 0 Å². The summed E-state index contributed by atoms with van der Waals surface area (Å²) >= 11 is 12.1. The van der Waals surface area contributed by atoms with Crippen molar-refractivity contribution in [1.82, 2.24) is 0 Å². The Morgan fingerprint density at radius 1 is 1.04 bits per heavy atom. The third-order valence-corrected chi connectivity index (χ3v) is 4.78. The summed E-state index contributed by atoms with van der Waals surface area (Å²) in [7, 11) is 0. The molecule has 0 aromatic heterocycles. The summed E-state index contributed by atoms with van der Waals surface area (Å²) in [5, 5.41) is 13.2. The molecule has 0 fully saturated rings. The average Bonchev–Trinajstić information content (AvgIpc) is 2.67. The van der Waals surface area contributed by atoms with E-state index in [1.54, 1.807) is 18.2 Å². The van der Waals surface area contributed by atoms with E-state index in [1.807, 2.05) is 43.3 Å². The Morgan fingerprint density at radius 3 is 2.50 bits per heavy atom. The lowest BCUT2D eigenvalue weighted by molar-refractivity contribution is 0.0697. The largest absolute Gasteiger partial charge is 0.489 e. The fraction of sp³-hybridized carbons (Fsp3) is 0.136. The van der Waals surface area contributed by atoms with Gasteiger partial charge in [0.1, 0.15) is 12.4 Å². The van der Waals surface area contributed by atoms with Crippen LogP contribution in [0.2, 0.25) is 10.0 Å². The van der Waals surface area contributed by atoms with Crippen LogP contribution in [0.5, 0.6) is 5.75 Å². The lowest BCUT2D eigenvalue weighted by atomic mass is 10.1. The van der Waals surface area contributed by atoms with Gasteiger partial charge in [0.15, 0.2) is 0 Å². The fourth-order valence-corrected chi connectivity index (χ4v) is 3.06. The summed E-state index contributed by atoms with van der Waals surface area (Å²) in [6.45, 7) is 2.91. The van der Waals surface area contributed by atoms with Crippen molar-refractivity contribution in [3.63, 3.8) is 0 Å². The topological polar surface area (TPSA) is 58.6 Å². The first-order valence-electron chi connectivity index (χ1n) is 8.66. The zero-order valence-electron chi connectivity index (χ0n) is 15.2. The van der Waals surface area contributed by atoms with E-state index in [2.05, 4.69) is 5.32 Å². The van der Waals surface area contributed by atoms with Gasteiger partial charge in [-0.3, -0.25) is 0 Å². The highest BCUT2D eigenvalue weighted by Crippen LogP contribution is 2.26. The van der Waals surface area contributed by atoms with Crippen molar-refractivity contribution < 1.29 is 14.6 Å². The molecule has 0 saturated carbocycles. The highest BCUT2D eigenvalue weighted by molar-refractivity contribution is 6.33. The number of hydrogen-bond donors (Lipinski definition) is 2. The Balaban J connectivity index is 1.73. The Kier molecular flexibility index (Phi) is 6.45. The minimum Gasteiger partial charge on any atom is -0.489 e. The molecule has 2 N–H and O–H groups in total. The van der Waals surface area contributed by atoms with Crippen molar-refractivity contribution in [3.05, 3.63) is 93.0 Å². The van der Waals surface area contributed by atoms with Crippen LogP contribution in [0.4, 0.5) is 5.69 Å². The van der Waals surface area contributed by atoms with Gasteiger partial charge in [-0.15, -0.1) is 0 Å². The van der Waals surface area contributed by atoms with Crippen LogP contribution in [0.25, 0.3) is 0 Å². The minimum atomic E-state index is -1.07. The number of rotatable bonds is 7. The number of nitrogens with one attached hydrogen (secondary N) is 1. The third-order valence-electron chi connectivity index (χ3n) is 4.22. The predicted octanol–water partition coefficient (Wildman–Crippen LogP) is 6.19. The van der Waals surface area contributed by atoms with Crippen LogP contribution in [0.15, 0.2) is 60.7 Å². The highest BCUT2D eigenvalue weighted by Gasteiger charge is 2.10. The number of hydrogen-bond acceptors (Lipinski definition) is 3. The molecule has 0 aliphatic carbocycles. The molecule has 0 bridgehead atoms. The van der Waals surface area contributed by atoms with E-state index in [0.29, 0.717) is 29.6 Å². The summed E-state index contributed by atoms with van der Waals surface area (Å²) < 4.78 is 5.97. The van der Waals surface area contributed by atoms with E-state index in [0.717, 1.165) is 11.1 Å². The standard InChI is InChI=1S/C22H19Cl2NO3/c1-14-2-4-15(5-3-14)13-28-21-9-6-17(23)10-16(21)12-25-18-7-8-20(24)19(11-18)22(26)27/h2-11,25H,12-13H2,1H3,(H,26,27). The van der Waals surface area contributed by atoms with Crippen molar-refractivity contribution in [2.75, 3.05) is 5.32 Å². The number of anilines is 1. The van der Waals surface area contributed by atoms with E-state index in [1.165, 1.54) is 11.6 Å². The molecule has 3 rings (SSSR count). The number of carboxylic acid groups (broad SMARTS) is 1. The minimum absolute atomic E-state index is 0.0496. The Hall–Kier alpha value is -2.69. The first-order chi connectivity index (χ1) is 13.4. The summed E-state index contributed by atoms with van der Waals surface area (Å²) in [6.07, 6.45) is 0. The van der Waals surface area contributed by atoms with Crippen molar-refractivity contribution in [3.8, 4) is 5.75 Å². The molecule has 0 unspecified atom stereocenters. The monoisotopic (exact) mass is 415 g/mol. The number of aromatic carboxylic acids is 1. The molecule has 0 amide bonds. The zero-order chi connectivity index (χ0) is 20.1. The van der Waals surface area contributed by atoms with Crippen LogP contribution < -0.4 is 10.1 Å². The second-order valence-corrected chi connectivity index (χ2v) is 7.22. The molecular weight excluding hydrogens is 397 g/mol. The molecule has 0 aliphatic heterocycles. The zero-order valence-corrected chi connectivity index (χ0v) is 16.7. The van der Waals surface area contributed by atoms with Gasteiger partial charge in [-0.25, -0.2) is 4.79 Å². The number of benzene rings is 3. The van der Waals surface area contributed by atoms with E-state index < -0.39 is 5.97 Å². The molecule has 0 saturated heterocycles. The molecule has 0 radical (unpaired) electrons. The number of halogens is 2. The van der Waals surface area contributed by atoms with Gasteiger partial charge >= 0.3 is 5.97 Å². The van der Waals surface area contributed by atoms with Gasteiger partial charge in [0, 0.05) is 22.8 Å². The van der Waals surface area contributed by atoms with E-state index in [-0.39, 0.29) is 10.6 Å². The SMILES string of the molecule is Cc1ccc(COc2ccc(Cl)cc2CNc2ccc(Cl)c(C(=O)O)c2)cc1. The molecule has 3 aromatic carbocycles. The first-order valence-corrected chi connectivity index (χ1v) is 9.41. The van der Waals surface area contributed by atoms with Crippen LogP contribution in [0.1, 0.15) is 27.0 Å². The Bertz CT molecular complexity index is 988. The predicted molar refractivity (Wildman–Crippen MR) is 113 cm³/mol. The first kappa shape index (κ1) is 20.1. The van der Waals surface area contributed by atoms with Crippen molar-refractivity contribution in [2.24, 2.45) is 0 Å². The van der Waals surface area contributed by atoms with Gasteiger partial charge in [-0.2, -0.15) is 0 Å². The maximum atomic E-state index is 11.2. The maximum Gasteiger partial charge on any atom is 0.337 e. The van der Waals surface area contributed by atoms with E-state index in [4.69, 9.17) is 27.9 Å². The summed E-state index contributed by atoms with van der Waals surface area (Å²) in [5.41, 5.74) is 3.83. The second-order valence-electron chi connectivity index (χ2n) is 6.38. The maximum absolute atomic E-state index is 11.2. The van der Waals surface area contributed by atoms with Crippen LogP contribution in [-0.2, 0) is 13.2 Å². The lowest BCUT2D eigenvalue weighted by Gasteiger charge is -2.14. The van der Waals surface area contributed by atoms with Gasteiger partial charge in [-0.1, -0.05) is 53.0 Å². The van der Waals surface area contributed by atoms with Crippen molar-refractivity contribution >= 4 is 34.9 Å². The van der Waals surface area contributed by atoms with E-state index >= 15 is 0 Å². The molecule has 28 heavy (non-hydrogen) atoms. The quantitative estimate of drug-likeness (QED) is 0.482. The number of aryl methyl sites for hydroxylation is 1. The molecule has 0 aliphatic rings. The molecule has 4 nitrogen and oxygen atoms in total. The van der Waals surface area contributed by atoms with Crippen LogP contribution in [0.3, 0.4) is 0 Å². The van der Waals surface area contributed by atoms with E-state index in [9.17, 15) is 9.90 Å². The van der Waals surface area contributed by atoms with Gasteiger partial charge < -0.3 is 15.2 Å². The van der Waals surface area contributed by atoms with Crippen LogP contribution >= 0.6 is 23.2 Å². The Morgan fingerprint density at radius 2 is 1.79 bits per heavy atom. The highest BCUT2D eigenvalue weighted by atomic mass is 35.5. The lowest BCUT2D eigenvalue weighted by Crippen LogP contribution is -2.05. The second kappa shape index (κ2) is 9.00. The fourth-order valence-electron chi connectivity index (χ4n) is 2.67. The molecule has 144 valence electrons. The summed E-state index contributed by atoms with van der Waals surface area (Å²) in [6, 6.07) is 18.4. The van der Waals surface area contributed by atoms with Crippen LogP contribution in [0, 0.1) is 6.92 Å². The van der Waals surface area contributed by atoms with Gasteiger partial charge in [-0.05, 0) is 48.9 Å². The molecule has 3 aromatic rings.